The Hall–Kier alpha value is -2.09. The number of hydrogen-bond acceptors (Lipinski definition) is 4. The number of pyridine rings is 1. The summed E-state index contributed by atoms with van der Waals surface area (Å²) in [5.41, 5.74) is 2.56. The lowest BCUT2D eigenvalue weighted by Crippen LogP contribution is -2.41. The third-order valence-corrected chi connectivity index (χ3v) is 4.53. The summed E-state index contributed by atoms with van der Waals surface area (Å²) in [6, 6.07) is 4.64. The van der Waals surface area contributed by atoms with Crippen molar-refractivity contribution in [3.63, 3.8) is 0 Å². The van der Waals surface area contributed by atoms with E-state index in [4.69, 9.17) is 0 Å². The van der Waals surface area contributed by atoms with Crippen LogP contribution in [0.3, 0.4) is 0 Å². The Kier molecular flexibility index (Phi) is 4.02. The first-order chi connectivity index (χ1) is 10.6. The van der Waals surface area contributed by atoms with Gasteiger partial charge in [-0.3, -0.25) is 4.79 Å². The van der Waals surface area contributed by atoms with Crippen LogP contribution in [-0.4, -0.2) is 30.0 Å². The van der Waals surface area contributed by atoms with Crippen molar-refractivity contribution in [2.24, 2.45) is 5.92 Å². The number of aromatic nitrogens is 1. The molecule has 2 aliphatic rings. The lowest BCUT2D eigenvalue weighted by molar-refractivity contribution is -0.125. The van der Waals surface area contributed by atoms with Gasteiger partial charge < -0.3 is 10.2 Å². The number of nitriles is 1. The summed E-state index contributed by atoms with van der Waals surface area (Å²) in [7, 11) is 0. The first-order valence-electron chi connectivity index (χ1n) is 8.02. The number of rotatable bonds is 3. The van der Waals surface area contributed by atoms with Gasteiger partial charge in [-0.15, -0.1) is 0 Å². The van der Waals surface area contributed by atoms with Crippen molar-refractivity contribution in [3.05, 3.63) is 22.9 Å². The molecule has 1 saturated carbocycles. The Bertz CT molecular complexity index is 622. The molecule has 116 valence electrons. The van der Waals surface area contributed by atoms with E-state index in [2.05, 4.69) is 21.3 Å². The number of anilines is 1. The number of aryl methyl sites for hydroxylation is 2. The Balaban J connectivity index is 1.68. The normalized spacial score (nSPS) is 18.9. The van der Waals surface area contributed by atoms with Gasteiger partial charge in [0, 0.05) is 30.7 Å². The van der Waals surface area contributed by atoms with Gasteiger partial charge in [0.25, 0.3) is 0 Å². The van der Waals surface area contributed by atoms with E-state index in [0.717, 1.165) is 55.8 Å². The van der Waals surface area contributed by atoms with Gasteiger partial charge in [-0.25, -0.2) is 4.98 Å². The quantitative estimate of drug-likeness (QED) is 0.927. The monoisotopic (exact) mass is 298 g/mol. The van der Waals surface area contributed by atoms with Crippen LogP contribution in [-0.2, 0) is 4.79 Å². The zero-order valence-corrected chi connectivity index (χ0v) is 13.2. The smallest absolute Gasteiger partial charge is 0.223 e. The van der Waals surface area contributed by atoms with E-state index < -0.39 is 0 Å². The summed E-state index contributed by atoms with van der Waals surface area (Å²) in [4.78, 5) is 18.8. The topological polar surface area (TPSA) is 69.0 Å². The van der Waals surface area contributed by atoms with E-state index in [-0.39, 0.29) is 11.8 Å². The number of hydrogen-bond donors (Lipinski definition) is 1. The molecule has 5 nitrogen and oxygen atoms in total. The molecule has 1 N–H and O–H groups in total. The molecule has 0 radical (unpaired) electrons. The summed E-state index contributed by atoms with van der Waals surface area (Å²) in [6.45, 7) is 5.47. The molecule has 0 spiro atoms. The van der Waals surface area contributed by atoms with Crippen LogP contribution in [0.1, 0.15) is 42.5 Å². The number of nitrogens with zero attached hydrogens (tertiary/aromatic N) is 3. The van der Waals surface area contributed by atoms with Gasteiger partial charge >= 0.3 is 0 Å². The Morgan fingerprint density at radius 3 is 2.59 bits per heavy atom. The molecule has 2 heterocycles. The summed E-state index contributed by atoms with van der Waals surface area (Å²) >= 11 is 0. The van der Waals surface area contributed by atoms with Crippen LogP contribution < -0.4 is 10.2 Å². The lowest BCUT2D eigenvalue weighted by atomic mass is 9.95. The van der Waals surface area contributed by atoms with E-state index in [0.29, 0.717) is 11.6 Å². The Morgan fingerprint density at radius 2 is 2.00 bits per heavy atom. The van der Waals surface area contributed by atoms with Crippen LogP contribution in [0.2, 0.25) is 0 Å². The zero-order valence-electron chi connectivity index (χ0n) is 13.2. The third-order valence-electron chi connectivity index (χ3n) is 4.53. The molecule has 5 heteroatoms. The van der Waals surface area contributed by atoms with Crippen molar-refractivity contribution < 1.29 is 4.79 Å². The highest BCUT2D eigenvalue weighted by molar-refractivity contribution is 5.79. The summed E-state index contributed by atoms with van der Waals surface area (Å²) in [5.74, 6) is 1.09. The van der Waals surface area contributed by atoms with Gasteiger partial charge in [0.15, 0.2) is 0 Å². The van der Waals surface area contributed by atoms with Crippen molar-refractivity contribution in [1.29, 1.82) is 5.26 Å². The van der Waals surface area contributed by atoms with Gasteiger partial charge in [-0.1, -0.05) is 0 Å². The van der Waals surface area contributed by atoms with Crippen LogP contribution in [0.4, 0.5) is 5.82 Å². The van der Waals surface area contributed by atoms with Gasteiger partial charge in [0.05, 0.1) is 5.56 Å². The first kappa shape index (κ1) is 14.8. The SMILES string of the molecule is Cc1cc(C)c(C#N)c(N2CCC(C(=O)NC3CC3)CC2)n1. The minimum absolute atomic E-state index is 0.105. The maximum Gasteiger partial charge on any atom is 0.223 e. The number of carbonyl (C=O) groups excluding carboxylic acids is 1. The van der Waals surface area contributed by atoms with Crippen molar-refractivity contribution in [3.8, 4) is 6.07 Å². The molecule has 0 unspecified atom stereocenters. The Labute approximate surface area is 131 Å². The average Bonchev–Trinajstić information content (AvgIpc) is 3.30. The summed E-state index contributed by atoms with van der Waals surface area (Å²) < 4.78 is 0. The van der Waals surface area contributed by atoms with E-state index in [1.54, 1.807) is 0 Å². The van der Waals surface area contributed by atoms with Crippen LogP contribution in [0.15, 0.2) is 6.07 Å². The van der Waals surface area contributed by atoms with Crippen LogP contribution in [0.5, 0.6) is 0 Å². The second kappa shape index (κ2) is 5.96. The van der Waals surface area contributed by atoms with Crippen molar-refractivity contribution in [2.75, 3.05) is 18.0 Å². The third kappa shape index (κ3) is 3.06. The number of nitrogens with one attached hydrogen (secondary N) is 1. The fourth-order valence-electron chi connectivity index (χ4n) is 3.08. The molecule has 1 aromatic heterocycles. The molecule has 3 rings (SSSR count). The van der Waals surface area contributed by atoms with Gasteiger partial charge in [-0.05, 0) is 51.2 Å². The van der Waals surface area contributed by atoms with Gasteiger partial charge in [0.2, 0.25) is 5.91 Å². The zero-order chi connectivity index (χ0) is 15.7. The fraction of sp³-hybridized carbons (Fsp3) is 0.588. The largest absolute Gasteiger partial charge is 0.355 e. The molecule has 2 fully saturated rings. The molecule has 0 atom stereocenters. The minimum atomic E-state index is 0.105. The molecule has 1 aromatic rings. The highest BCUT2D eigenvalue weighted by atomic mass is 16.2. The number of piperidine rings is 1. The van der Waals surface area contributed by atoms with Crippen molar-refractivity contribution >= 4 is 11.7 Å². The second-order valence-electron chi connectivity index (χ2n) is 6.44. The van der Waals surface area contributed by atoms with Gasteiger partial charge in [0.1, 0.15) is 11.9 Å². The number of amides is 1. The molecular weight excluding hydrogens is 276 g/mol. The molecule has 1 saturated heterocycles. The van der Waals surface area contributed by atoms with E-state index in [1.165, 1.54) is 0 Å². The van der Waals surface area contributed by atoms with E-state index in [1.807, 2.05) is 19.9 Å². The molecular formula is C17H22N4O. The van der Waals surface area contributed by atoms with E-state index >= 15 is 0 Å². The molecule has 22 heavy (non-hydrogen) atoms. The lowest BCUT2D eigenvalue weighted by Gasteiger charge is -2.33. The van der Waals surface area contributed by atoms with Crippen LogP contribution >= 0.6 is 0 Å². The second-order valence-corrected chi connectivity index (χ2v) is 6.44. The van der Waals surface area contributed by atoms with E-state index in [9.17, 15) is 10.1 Å². The predicted molar refractivity (Wildman–Crippen MR) is 84.5 cm³/mol. The highest BCUT2D eigenvalue weighted by Crippen LogP contribution is 2.28. The van der Waals surface area contributed by atoms with Crippen LogP contribution in [0, 0.1) is 31.1 Å². The first-order valence-corrected chi connectivity index (χ1v) is 8.02. The molecule has 1 aliphatic carbocycles. The van der Waals surface area contributed by atoms with Crippen LogP contribution in [0.25, 0.3) is 0 Å². The summed E-state index contributed by atoms with van der Waals surface area (Å²) in [5, 5.41) is 12.5. The highest BCUT2D eigenvalue weighted by Gasteiger charge is 2.30. The predicted octanol–water partition coefficient (Wildman–Crippen LogP) is 2.07. The van der Waals surface area contributed by atoms with Crippen molar-refractivity contribution in [1.82, 2.24) is 10.3 Å². The Morgan fingerprint density at radius 1 is 1.32 bits per heavy atom. The maximum absolute atomic E-state index is 12.1. The number of carbonyl (C=O) groups is 1. The van der Waals surface area contributed by atoms with Gasteiger partial charge in [-0.2, -0.15) is 5.26 Å². The maximum atomic E-state index is 12.1. The molecule has 0 aromatic carbocycles. The van der Waals surface area contributed by atoms with Crippen molar-refractivity contribution in [2.45, 2.75) is 45.6 Å². The molecule has 0 bridgehead atoms. The standard InChI is InChI=1S/C17H22N4O/c1-11-9-12(2)19-16(15(11)10-18)21-7-5-13(6-8-21)17(22)20-14-3-4-14/h9,13-14H,3-8H2,1-2H3,(H,20,22). The summed E-state index contributed by atoms with van der Waals surface area (Å²) in [6.07, 6.45) is 3.92. The fourth-order valence-corrected chi connectivity index (χ4v) is 3.08. The molecule has 1 aliphatic heterocycles. The minimum Gasteiger partial charge on any atom is -0.355 e. The molecule has 1 amide bonds. The average molecular weight is 298 g/mol.